The van der Waals surface area contributed by atoms with E-state index < -0.39 is 11.0 Å². The van der Waals surface area contributed by atoms with Gasteiger partial charge in [-0.2, -0.15) is 0 Å². The first-order valence-corrected chi connectivity index (χ1v) is 10.2. The predicted molar refractivity (Wildman–Crippen MR) is 98.3 cm³/mol. The van der Waals surface area contributed by atoms with E-state index in [9.17, 15) is 10.2 Å². The van der Waals surface area contributed by atoms with Gasteiger partial charge in [0.25, 0.3) is 0 Å². The number of benzene rings is 1. The summed E-state index contributed by atoms with van der Waals surface area (Å²) in [6.07, 6.45) is 5.88. The SMILES string of the molecule is C=C1CC[C@@]2(O)[C@H]3Cc4ccc(O)c5c4[C@@]2(CC[N+]3(C)CC2CC2)[C@H]1O5. The topological polar surface area (TPSA) is 49.7 Å². The number of quaternary nitrogens is 1. The molecule has 4 heteroatoms. The Hall–Kier alpha value is -1.52. The lowest BCUT2D eigenvalue weighted by Crippen LogP contribution is -2.80. The van der Waals surface area contributed by atoms with Crippen LogP contribution in [0.3, 0.4) is 0 Å². The lowest BCUT2D eigenvalue weighted by atomic mass is 9.48. The first kappa shape index (κ1) is 15.5. The number of phenolic OH excluding ortho intramolecular Hbond substituents is 1. The average Bonchev–Trinajstić information content (AvgIpc) is 3.32. The Morgan fingerprint density at radius 1 is 1.31 bits per heavy atom. The van der Waals surface area contributed by atoms with Crippen LogP contribution in [0.2, 0.25) is 0 Å². The Bertz CT molecular complexity index is 846. The molecule has 5 atom stereocenters. The molecule has 1 aromatic rings. The van der Waals surface area contributed by atoms with Crippen molar-refractivity contribution in [2.24, 2.45) is 5.92 Å². The summed E-state index contributed by atoms with van der Waals surface area (Å²) in [6.45, 7) is 6.57. The molecular weight excluding hydrogens is 326 g/mol. The first-order chi connectivity index (χ1) is 12.4. The van der Waals surface area contributed by atoms with Gasteiger partial charge in [-0.3, -0.25) is 0 Å². The van der Waals surface area contributed by atoms with Gasteiger partial charge in [0.15, 0.2) is 11.5 Å². The largest absolute Gasteiger partial charge is 0.504 e. The minimum Gasteiger partial charge on any atom is -0.504 e. The molecule has 2 aliphatic heterocycles. The van der Waals surface area contributed by atoms with Gasteiger partial charge >= 0.3 is 0 Å². The molecule has 1 spiro atoms. The lowest BCUT2D eigenvalue weighted by molar-refractivity contribution is -0.950. The lowest BCUT2D eigenvalue weighted by Gasteiger charge is -2.65. The van der Waals surface area contributed by atoms with E-state index in [0.29, 0.717) is 5.75 Å². The van der Waals surface area contributed by atoms with E-state index in [-0.39, 0.29) is 17.9 Å². The van der Waals surface area contributed by atoms with Crippen LogP contribution in [0.15, 0.2) is 24.3 Å². The second kappa shape index (κ2) is 4.48. The van der Waals surface area contributed by atoms with Gasteiger partial charge < -0.3 is 19.4 Å². The third-order valence-corrected chi connectivity index (χ3v) is 8.43. The Morgan fingerprint density at radius 2 is 2.12 bits per heavy atom. The van der Waals surface area contributed by atoms with Crippen molar-refractivity contribution < 1.29 is 19.4 Å². The van der Waals surface area contributed by atoms with Gasteiger partial charge in [0, 0.05) is 24.3 Å². The number of likely N-dealkylation sites (N-methyl/N-ethyl adjacent to an activating group) is 1. The zero-order valence-corrected chi connectivity index (χ0v) is 15.5. The van der Waals surface area contributed by atoms with E-state index in [4.69, 9.17) is 4.74 Å². The molecule has 6 rings (SSSR count). The maximum absolute atomic E-state index is 12.3. The van der Waals surface area contributed by atoms with Crippen LogP contribution in [0.5, 0.6) is 11.5 Å². The van der Waals surface area contributed by atoms with Crippen LogP contribution in [0.4, 0.5) is 0 Å². The summed E-state index contributed by atoms with van der Waals surface area (Å²) in [5.41, 5.74) is 2.25. The van der Waals surface area contributed by atoms with E-state index in [2.05, 4.69) is 19.7 Å². The molecule has 1 unspecified atom stereocenters. The molecule has 2 bridgehead atoms. The molecule has 1 aromatic carbocycles. The fourth-order valence-electron chi connectivity index (χ4n) is 7.07. The first-order valence-electron chi connectivity index (χ1n) is 10.2. The molecule has 3 aliphatic carbocycles. The Labute approximate surface area is 154 Å². The molecule has 138 valence electrons. The van der Waals surface area contributed by atoms with Gasteiger partial charge in [0.2, 0.25) is 0 Å². The Morgan fingerprint density at radius 3 is 2.88 bits per heavy atom. The predicted octanol–water partition coefficient (Wildman–Crippen LogP) is 2.66. The summed E-state index contributed by atoms with van der Waals surface area (Å²) < 4.78 is 7.32. The highest BCUT2D eigenvalue weighted by Crippen LogP contribution is 2.67. The van der Waals surface area contributed by atoms with Crippen molar-refractivity contribution >= 4 is 0 Å². The van der Waals surface area contributed by atoms with E-state index in [1.807, 2.05) is 0 Å². The standard InChI is InChI=1S/C22H27NO3/c1-13-7-8-22(25)17-11-15-5-6-16(24)19-18(15)21(22,20(13)26-19)9-10-23(17,2)12-14-3-4-14/h5-6,14,17,20,25H,1,3-4,7-12H2,2H3/p+1/t17-,20+,21+,22-,23?/m1/s1. The van der Waals surface area contributed by atoms with E-state index in [0.717, 1.165) is 53.8 Å². The van der Waals surface area contributed by atoms with Crippen molar-refractivity contribution in [1.29, 1.82) is 0 Å². The summed E-state index contributed by atoms with van der Waals surface area (Å²) in [5, 5.41) is 22.7. The van der Waals surface area contributed by atoms with Crippen molar-refractivity contribution in [2.75, 3.05) is 20.1 Å². The molecule has 2 heterocycles. The van der Waals surface area contributed by atoms with Crippen molar-refractivity contribution in [3.05, 3.63) is 35.4 Å². The highest BCUT2D eigenvalue weighted by atomic mass is 16.5. The molecule has 4 nitrogen and oxygen atoms in total. The molecule has 5 aliphatic rings. The Kier molecular flexibility index (Phi) is 2.67. The summed E-state index contributed by atoms with van der Waals surface area (Å²) in [5.74, 6) is 1.66. The fraction of sp³-hybridized carbons (Fsp3) is 0.636. The molecule has 3 fully saturated rings. The number of aliphatic hydroxyl groups is 1. The van der Waals surface area contributed by atoms with E-state index >= 15 is 0 Å². The van der Waals surface area contributed by atoms with E-state index in [1.54, 1.807) is 6.07 Å². The van der Waals surface area contributed by atoms with Crippen molar-refractivity contribution in [3.63, 3.8) is 0 Å². The number of rotatable bonds is 2. The smallest absolute Gasteiger partial charge is 0.166 e. The maximum Gasteiger partial charge on any atom is 0.166 e. The number of aromatic hydroxyl groups is 1. The number of hydrogen-bond acceptors (Lipinski definition) is 3. The van der Waals surface area contributed by atoms with Gasteiger partial charge in [0.05, 0.1) is 25.6 Å². The second-order valence-corrected chi connectivity index (χ2v) is 9.80. The Balaban J connectivity index is 1.60. The van der Waals surface area contributed by atoms with Gasteiger partial charge in [-0.05, 0) is 42.9 Å². The second-order valence-electron chi connectivity index (χ2n) is 9.80. The number of piperidine rings is 1. The van der Waals surface area contributed by atoms with Crippen molar-refractivity contribution in [3.8, 4) is 11.5 Å². The summed E-state index contributed by atoms with van der Waals surface area (Å²) >= 11 is 0. The number of ether oxygens (including phenoxy) is 1. The number of hydrogen-bond donors (Lipinski definition) is 2. The van der Waals surface area contributed by atoms with Crippen LogP contribution in [-0.4, -0.2) is 52.6 Å². The number of phenols is 1. The maximum atomic E-state index is 12.3. The fourth-order valence-corrected chi connectivity index (χ4v) is 7.07. The highest BCUT2D eigenvalue weighted by molar-refractivity contribution is 5.63. The van der Waals surface area contributed by atoms with Gasteiger partial charge in [-0.15, -0.1) is 0 Å². The summed E-state index contributed by atoms with van der Waals surface area (Å²) in [6, 6.07) is 4.05. The third kappa shape index (κ3) is 1.56. The van der Waals surface area contributed by atoms with Crippen LogP contribution in [0, 0.1) is 5.92 Å². The summed E-state index contributed by atoms with van der Waals surface area (Å²) in [4.78, 5) is 0. The van der Waals surface area contributed by atoms with Gasteiger partial charge in [-0.1, -0.05) is 12.6 Å². The molecule has 2 saturated carbocycles. The average molecular weight is 354 g/mol. The minimum atomic E-state index is -0.771. The molecule has 1 saturated heterocycles. The van der Waals surface area contributed by atoms with Gasteiger partial charge in [0.1, 0.15) is 17.7 Å². The number of likely N-dealkylation sites (tertiary alicyclic amines) is 1. The normalized spacial score (nSPS) is 45.2. The zero-order chi connectivity index (χ0) is 17.9. The molecule has 0 radical (unpaired) electrons. The monoisotopic (exact) mass is 354 g/mol. The quantitative estimate of drug-likeness (QED) is 0.634. The molecular formula is C22H28NO3+. The van der Waals surface area contributed by atoms with Crippen LogP contribution < -0.4 is 4.74 Å². The van der Waals surface area contributed by atoms with Crippen molar-refractivity contribution in [1.82, 2.24) is 0 Å². The van der Waals surface area contributed by atoms with E-state index in [1.165, 1.54) is 24.9 Å². The highest BCUT2D eigenvalue weighted by Gasteiger charge is 2.75. The van der Waals surface area contributed by atoms with Crippen LogP contribution >= 0.6 is 0 Å². The summed E-state index contributed by atoms with van der Waals surface area (Å²) in [7, 11) is 2.37. The molecule has 26 heavy (non-hydrogen) atoms. The molecule has 0 aromatic heterocycles. The number of nitrogens with zero attached hydrogens (tertiary/aromatic N) is 1. The van der Waals surface area contributed by atoms with Crippen LogP contribution in [0.25, 0.3) is 0 Å². The van der Waals surface area contributed by atoms with Crippen LogP contribution in [0.1, 0.15) is 43.2 Å². The molecule has 2 N–H and O–H groups in total. The minimum absolute atomic E-state index is 0.194. The van der Waals surface area contributed by atoms with Crippen molar-refractivity contribution in [2.45, 2.75) is 61.7 Å². The zero-order valence-electron chi connectivity index (χ0n) is 15.5. The van der Waals surface area contributed by atoms with Crippen LogP contribution in [-0.2, 0) is 11.8 Å². The third-order valence-electron chi connectivity index (χ3n) is 8.43. The molecule has 0 amide bonds. The van der Waals surface area contributed by atoms with Gasteiger partial charge in [-0.25, -0.2) is 0 Å².